The van der Waals surface area contributed by atoms with Crippen molar-refractivity contribution in [2.24, 2.45) is 4.99 Å². The van der Waals surface area contributed by atoms with Gasteiger partial charge < -0.3 is 14.2 Å². The smallest absolute Gasteiger partial charge is 0.257 e. The van der Waals surface area contributed by atoms with Crippen molar-refractivity contribution in [3.05, 3.63) is 17.3 Å². The molecule has 114 valence electrons. The minimum atomic E-state index is 0.136. The van der Waals surface area contributed by atoms with Gasteiger partial charge in [-0.1, -0.05) is 0 Å². The maximum absolute atomic E-state index is 5.80. The zero-order valence-corrected chi connectivity index (χ0v) is 12.7. The highest BCUT2D eigenvalue weighted by Gasteiger charge is 2.39. The molecule has 2 heterocycles. The van der Waals surface area contributed by atoms with Gasteiger partial charge in [-0.2, -0.15) is 0 Å². The van der Waals surface area contributed by atoms with E-state index in [2.05, 4.69) is 11.1 Å². The first kappa shape index (κ1) is 14.3. The molecule has 5 nitrogen and oxygen atoms in total. The molecule has 0 bridgehead atoms. The first-order chi connectivity index (χ1) is 10.3. The number of methoxy groups -OCH3 is 2. The van der Waals surface area contributed by atoms with Crippen LogP contribution in [-0.2, 0) is 11.2 Å². The van der Waals surface area contributed by atoms with E-state index in [0.717, 1.165) is 24.3 Å². The van der Waals surface area contributed by atoms with Crippen LogP contribution in [0.2, 0.25) is 0 Å². The Bertz CT molecular complexity index is 539. The van der Waals surface area contributed by atoms with E-state index >= 15 is 0 Å². The Morgan fingerprint density at radius 1 is 1.24 bits per heavy atom. The van der Waals surface area contributed by atoms with Gasteiger partial charge in [-0.25, -0.2) is 4.98 Å². The molecule has 0 N–H and O–H groups in total. The molecule has 21 heavy (non-hydrogen) atoms. The SMILES string of the molecule is COCCCOc1cc2c(nc1OC)C=NC1(CCC1)C2. The Balaban J connectivity index is 1.77. The lowest BCUT2D eigenvalue weighted by atomic mass is 9.72. The van der Waals surface area contributed by atoms with Crippen LogP contribution in [0.25, 0.3) is 0 Å². The second kappa shape index (κ2) is 6.02. The van der Waals surface area contributed by atoms with Gasteiger partial charge in [0.05, 0.1) is 24.9 Å². The molecule has 2 aliphatic rings. The normalized spacial score (nSPS) is 18.2. The van der Waals surface area contributed by atoms with E-state index in [1.54, 1.807) is 14.2 Å². The summed E-state index contributed by atoms with van der Waals surface area (Å²) in [5.74, 6) is 1.25. The lowest BCUT2D eigenvalue weighted by Crippen LogP contribution is -2.39. The van der Waals surface area contributed by atoms with Gasteiger partial charge in [0, 0.05) is 26.4 Å². The quantitative estimate of drug-likeness (QED) is 0.755. The van der Waals surface area contributed by atoms with Crippen LogP contribution in [-0.4, -0.2) is 44.2 Å². The summed E-state index contributed by atoms with van der Waals surface area (Å²) in [6, 6.07) is 2.07. The van der Waals surface area contributed by atoms with E-state index in [1.807, 2.05) is 6.21 Å². The summed E-state index contributed by atoms with van der Waals surface area (Å²) in [7, 11) is 3.31. The zero-order chi connectivity index (χ0) is 14.7. The lowest BCUT2D eigenvalue weighted by Gasteiger charge is -2.40. The summed E-state index contributed by atoms with van der Waals surface area (Å²) >= 11 is 0. The molecular formula is C16H22N2O3. The average molecular weight is 290 g/mol. The molecule has 1 saturated carbocycles. The number of nitrogens with zero attached hydrogens (tertiary/aromatic N) is 2. The first-order valence-electron chi connectivity index (χ1n) is 7.51. The number of pyridine rings is 1. The lowest BCUT2D eigenvalue weighted by molar-refractivity contribution is 0.170. The van der Waals surface area contributed by atoms with Crippen molar-refractivity contribution in [2.45, 2.75) is 37.6 Å². The summed E-state index contributed by atoms with van der Waals surface area (Å²) in [5.41, 5.74) is 2.26. The Hall–Kier alpha value is -1.62. The highest BCUT2D eigenvalue weighted by Crippen LogP contribution is 2.42. The summed E-state index contributed by atoms with van der Waals surface area (Å²) in [6.45, 7) is 1.29. The largest absolute Gasteiger partial charge is 0.488 e. The molecule has 0 amide bonds. The maximum atomic E-state index is 5.80. The van der Waals surface area contributed by atoms with Gasteiger partial charge in [-0.15, -0.1) is 0 Å². The number of hydrogen-bond acceptors (Lipinski definition) is 5. The molecule has 1 aromatic heterocycles. The fourth-order valence-electron chi connectivity index (χ4n) is 2.91. The number of aromatic nitrogens is 1. The molecular weight excluding hydrogens is 268 g/mol. The number of hydrogen-bond donors (Lipinski definition) is 0. The third kappa shape index (κ3) is 2.88. The van der Waals surface area contributed by atoms with Gasteiger partial charge in [0.25, 0.3) is 5.88 Å². The Morgan fingerprint density at radius 3 is 2.76 bits per heavy atom. The summed E-state index contributed by atoms with van der Waals surface area (Å²) < 4.78 is 16.2. The fraction of sp³-hybridized carbons (Fsp3) is 0.625. The van der Waals surface area contributed by atoms with Crippen molar-refractivity contribution >= 4 is 6.21 Å². The monoisotopic (exact) mass is 290 g/mol. The van der Waals surface area contributed by atoms with Gasteiger partial charge in [-0.05, 0) is 37.3 Å². The topological polar surface area (TPSA) is 52.9 Å². The van der Waals surface area contributed by atoms with Crippen molar-refractivity contribution in [2.75, 3.05) is 27.4 Å². The molecule has 3 rings (SSSR count). The van der Waals surface area contributed by atoms with Crippen LogP contribution in [0, 0.1) is 0 Å². The van der Waals surface area contributed by atoms with E-state index in [4.69, 9.17) is 19.2 Å². The second-order valence-corrected chi connectivity index (χ2v) is 5.75. The van der Waals surface area contributed by atoms with Crippen LogP contribution in [0.1, 0.15) is 36.9 Å². The molecule has 1 aromatic rings. The van der Waals surface area contributed by atoms with Gasteiger partial charge in [0.2, 0.25) is 0 Å². The molecule has 0 saturated heterocycles. The van der Waals surface area contributed by atoms with Crippen molar-refractivity contribution in [3.8, 4) is 11.6 Å². The van der Waals surface area contributed by atoms with Crippen LogP contribution in [0.15, 0.2) is 11.1 Å². The van der Waals surface area contributed by atoms with Crippen molar-refractivity contribution in [3.63, 3.8) is 0 Å². The van der Waals surface area contributed by atoms with Crippen molar-refractivity contribution in [1.82, 2.24) is 4.98 Å². The van der Waals surface area contributed by atoms with Crippen LogP contribution in [0.4, 0.5) is 0 Å². The molecule has 0 radical (unpaired) electrons. The number of aliphatic imine (C=N–C) groups is 1. The van der Waals surface area contributed by atoms with E-state index in [0.29, 0.717) is 19.1 Å². The second-order valence-electron chi connectivity index (χ2n) is 5.75. The molecule has 0 unspecified atom stereocenters. The predicted octanol–water partition coefficient (Wildman–Crippen LogP) is 2.40. The molecule has 1 fully saturated rings. The third-order valence-electron chi connectivity index (χ3n) is 4.28. The highest BCUT2D eigenvalue weighted by atomic mass is 16.5. The summed E-state index contributed by atoms with van der Waals surface area (Å²) in [4.78, 5) is 9.23. The Kier molecular flexibility index (Phi) is 4.10. The molecule has 1 aliphatic heterocycles. The number of fused-ring (bicyclic) bond motifs is 1. The fourth-order valence-corrected chi connectivity index (χ4v) is 2.91. The molecule has 0 aromatic carbocycles. The Morgan fingerprint density at radius 2 is 2.10 bits per heavy atom. The van der Waals surface area contributed by atoms with Crippen LogP contribution >= 0.6 is 0 Å². The first-order valence-corrected chi connectivity index (χ1v) is 7.51. The van der Waals surface area contributed by atoms with E-state index in [1.165, 1.54) is 24.8 Å². The third-order valence-corrected chi connectivity index (χ3v) is 4.28. The summed E-state index contributed by atoms with van der Waals surface area (Å²) in [5, 5.41) is 0. The average Bonchev–Trinajstić information content (AvgIpc) is 2.48. The van der Waals surface area contributed by atoms with E-state index < -0.39 is 0 Å². The minimum absolute atomic E-state index is 0.136. The molecule has 5 heteroatoms. The van der Waals surface area contributed by atoms with Crippen molar-refractivity contribution in [1.29, 1.82) is 0 Å². The summed E-state index contributed by atoms with van der Waals surface area (Å²) in [6.07, 6.45) is 7.34. The standard InChI is InChI=1S/C16H22N2O3/c1-19-7-4-8-21-14-9-12-10-16(5-3-6-16)17-11-13(12)18-15(14)20-2/h9,11H,3-8,10H2,1-2H3. The highest BCUT2D eigenvalue weighted by molar-refractivity contribution is 5.82. The molecule has 1 aliphatic carbocycles. The van der Waals surface area contributed by atoms with E-state index in [-0.39, 0.29) is 5.54 Å². The Labute approximate surface area is 125 Å². The van der Waals surface area contributed by atoms with Gasteiger partial charge in [0.15, 0.2) is 5.75 Å². The van der Waals surface area contributed by atoms with Crippen LogP contribution in [0.5, 0.6) is 11.6 Å². The van der Waals surface area contributed by atoms with Crippen LogP contribution in [0.3, 0.4) is 0 Å². The minimum Gasteiger partial charge on any atom is -0.488 e. The zero-order valence-electron chi connectivity index (χ0n) is 12.7. The van der Waals surface area contributed by atoms with Crippen LogP contribution < -0.4 is 9.47 Å². The number of rotatable bonds is 6. The number of ether oxygens (including phenoxy) is 3. The van der Waals surface area contributed by atoms with E-state index in [9.17, 15) is 0 Å². The molecule has 0 atom stereocenters. The molecule has 1 spiro atoms. The maximum Gasteiger partial charge on any atom is 0.257 e. The van der Waals surface area contributed by atoms with Gasteiger partial charge in [-0.3, -0.25) is 4.99 Å². The van der Waals surface area contributed by atoms with Crippen molar-refractivity contribution < 1.29 is 14.2 Å². The van der Waals surface area contributed by atoms with Gasteiger partial charge in [0.1, 0.15) is 0 Å². The van der Waals surface area contributed by atoms with Gasteiger partial charge >= 0.3 is 0 Å². The predicted molar refractivity (Wildman–Crippen MR) is 80.7 cm³/mol.